The Balaban J connectivity index is 2.21. The Labute approximate surface area is 204 Å². The third-order valence-electron chi connectivity index (χ3n) is 5.41. The molecule has 0 aromatic heterocycles. The van der Waals surface area contributed by atoms with Gasteiger partial charge in [0, 0.05) is 16.7 Å². The van der Waals surface area contributed by atoms with Gasteiger partial charge >= 0.3 is 17.9 Å². The number of esters is 1. The molecule has 3 rings (SSSR count). The first kappa shape index (κ1) is 25.9. The highest BCUT2D eigenvalue weighted by atomic mass is 16.6. The van der Waals surface area contributed by atoms with Crippen LogP contribution >= 0.6 is 0 Å². The van der Waals surface area contributed by atoms with Crippen LogP contribution in [0.4, 0.5) is 0 Å². The van der Waals surface area contributed by atoms with E-state index >= 15 is 0 Å². The summed E-state index contributed by atoms with van der Waals surface area (Å²) in [6.45, 7) is 0. The monoisotopic (exact) mass is 492 g/mol. The van der Waals surface area contributed by atoms with Crippen molar-refractivity contribution in [3.05, 3.63) is 108 Å². The molecule has 0 amide bonds. The predicted octanol–water partition coefficient (Wildman–Crippen LogP) is 1.67. The van der Waals surface area contributed by atoms with Gasteiger partial charge in [0.1, 0.15) is 0 Å². The second-order valence-electron chi connectivity index (χ2n) is 7.65. The minimum Gasteiger partial charge on any atom is -0.479 e. The molecule has 0 fully saturated rings. The van der Waals surface area contributed by atoms with Crippen molar-refractivity contribution in [1.82, 2.24) is 0 Å². The number of aliphatic hydroxyl groups is 2. The Morgan fingerprint density at radius 1 is 0.611 bits per heavy atom. The van der Waals surface area contributed by atoms with E-state index in [0.29, 0.717) is 0 Å². The Morgan fingerprint density at radius 2 is 1.00 bits per heavy atom. The highest BCUT2D eigenvalue weighted by Gasteiger charge is 2.70. The Hall–Kier alpha value is -4.67. The van der Waals surface area contributed by atoms with Gasteiger partial charge in [0.25, 0.3) is 11.2 Å². The molecule has 4 N–H and O–H groups in total. The molecule has 0 aliphatic rings. The quantitative estimate of drug-likeness (QED) is 0.185. The number of rotatable bonds is 10. The fraction of sp³-hybridized carbons (Fsp3) is 0.115. The molecule has 3 aromatic rings. The molecule has 0 saturated carbocycles. The summed E-state index contributed by atoms with van der Waals surface area (Å²) in [5, 5.41) is 42.1. The molecule has 0 aliphatic heterocycles. The maximum absolute atomic E-state index is 13.4. The van der Waals surface area contributed by atoms with Gasteiger partial charge < -0.3 is 25.2 Å². The number of benzene rings is 3. The van der Waals surface area contributed by atoms with Gasteiger partial charge in [0.15, 0.2) is 0 Å². The summed E-state index contributed by atoms with van der Waals surface area (Å²) in [5.74, 6) is -9.71. The minimum absolute atomic E-state index is 0.0962. The lowest BCUT2D eigenvalue weighted by atomic mass is 9.73. The zero-order valence-electron chi connectivity index (χ0n) is 18.5. The zero-order chi connectivity index (χ0) is 26.5. The van der Waals surface area contributed by atoms with Gasteiger partial charge in [-0.25, -0.2) is 14.4 Å². The lowest BCUT2D eigenvalue weighted by Crippen LogP contribution is -2.72. The van der Waals surface area contributed by atoms with E-state index in [4.69, 9.17) is 4.74 Å². The first-order valence-corrected chi connectivity index (χ1v) is 10.4. The second-order valence-corrected chi connectivity index (χ2v) is 7.65. The second kappa shape index (κ2) is 10.3. The Kier molecular flexibility index (Phi) is 7.42. The molecule has 10 nitrogen and oxygen atoms in total. The number of carbonyl (C=O) groups is 5. The molecule has 0 aliphatic carbocycles. The molecule has 0 bridgehead atoms. The number of hydrogen-bond donors (Lipinski definition) is 4. The number of hydrogen-bond acceptors (Lipinski definition) is 8. The summed E-state index contributed by atoms with van der Waals surface area (Å²) < 4.78 is 4.90. The average molecular weight is 492 g/mol. The first-order valence-electron chi connectivity index (χ1n) is 10.4. The molecule has 36 heavy (non-hydrogen) atoms. The molecular formula is C26H20O10. The molecule has 0 spiro atoms. The SMILES string of the molecule is O=C(O)C(OC(=O)C(O)(C(=O)c1ccccc1)C(O)(C(=O)O)C(=O)c1ccccc1)c1ccccc1. The van der Waals surface area contributed by atoms with Crippen LogP contribution in [0.5, 0.6) is 0 Å². The van der Waals surface area contributed by atoms with Crippen LogP contribution in [0, 0.1) is 0 Å². The van der Waals surface area contributed by atoms with E-state index in [-0.39, 0.29) is 5.56 Å². The minimum atomic E-state index is -4.10. The molecule has 0 saturated heterocycles. The summed E-state index contributed by atoms with van der Waals surface area (Å²) in [6, 6.07) is 19.5. The van der Waals surface area contributed by atoms with E-state index < -0.39 is 57.9 Å². The number of aliphatic carboxylic acids is 2. The van der Waals surface area contributed by atoms with Gasteiger partial charge in [0.05, 0.1) is 0 Å². The first-order chi connectivity index (χ1) is 17.0. The van der Waals surface area contributed by atoms with Crippen molar-refractivity contribution in [2.24, 2.45) is 0 Å². The molecular weight excluding hydrogens is 472 g/mol. The van der Waals surface area contributed by atoms with Crippen molar-refractivity contribution in [2.45, 2.75) is 17.3 Å². The van der Waals surface area contributed by atoms with Crippen LogP contribution in [0.15, 0.2) is 91.0 Å². The van der Waals surface area contributed by atoms with Gasteiger partial charge in [0.2, 0.25) is 17.7 Å². The van der Waals surface area contributed by atoms with Crippen LogP contribution in [0.3, 0.4) is 0 Å². The highest BCUT2D eigenvalue weighted by Crippen LogP contribution is 2.34. The van der Waals surface area contributed by atoms with Gasteiger partial charge in [-0.1, -0.05) is 91.0 Å². The van der Waals surface area contributed by atoms with Crippen LogP contribution in [0.1, 0.15) is 32.4 Å². The van der Waals surface area contributed by atoms with Crippen LogP contribution in [0.25, 0.3) is 0 Å². The lowest BCUT2D eigenvalue weighted by Gasteiger charge is -2.36. The number of carbonyl (C=O) groups excluding carboxylic acids is 3. The van der Waals surface area contributed by atoms with Gasteiger partial charge in [-0.3, -0.25) is 9.59 Å². The number of ether oxygens (including phenoxy) is 1. The molecule has 184 valence electrons. The van der Waals surface area contributed by atoms with E-state index in [1.807, 2.05) is 0 Å². The van der Waals surface area contributed by atoms with Gasteiger partial charge in [-0.05, 0) is 0 Å². The van der Waals surface area contributed by atoms with Crippen LogP contribution < -0.4 is 0 Å². The number of carboxylic acid groups (broad SMARTS) is 2. The maximum atomic E-state index is 13.4. The number of ketones is 2. The topological polar surface area (TPSA) is 176 Å². The van der Waals surface area contributed by atoms with Crippen molar-refractivity contribution >= 4 is 29.5 Å². The summed E-state index contributed by atoms with van der Waals surface area (Å²) in [6.07, 6.45) is -2.11. The highest BCUT2D eigenvalue weighted by molar-refractivity contribution is 6.28. The van der Waals surface area contributed by atoms with Crippen LogP contribution in [-0.2, 0) is 19.1 Å². The van der Waals surface area contributed by atoms with Crippen molar-refractivity contribution in [3.63, 3.8) is 0 Å². The van der Waals surface area contributed by atoms with Crippen LogP contribution in [-0.4, -0.2) is 61.1 Å². The molecule has 10 heteroatoms. The summed E-state index contributed by atoms with van der Waals surface area (Å²) in [4.78, 5) is 64.1. The van der Waals surface area contributed by atoms with Crippen molar-refractivity contribution in [1.29, 1.82) is 0 Å². The smallest absolute Gasteiger partial charge is 0.351 e. The molecule has 3 unspecified atom stereocenters. The molecule has 0 radical (unpaired) electrons. The third kappa shape index (κ3) is 4.50. The van der Waals surface area contributed by atoms with Gasteiger partial charge in [-0.2, -0.15) is 0 Å². The molecule has 3 aromatic carbocycles. The van der Waals surface area contributed by atoms with E-state index in [1.54, 1.807) is 6.07 Å². The van der Waals surface area contributed by atoms with Crippen LogP contribution in [0.2, 0.25) is 0 Å². The third-order valence-corrected chi connectivity index (χ3v) is 5.41. The average Bonchev–Trinajstić information content (AvgIpc) is 2.90. The van der Waals surface area contributed by atoms with E-state index in [0.717, 1.165) is 24.3 Å². The lowest BCUT2D eigenvalue weighted by molar-refractivity contribution is -0.197. The number of Topliss-reactive ketones (excluding diaryl/α,β-unsaturated/α-hetero) is 2. The zero-order valence-corrected chi connectivity index (χ0v) is 18.5. The predicted molar refractivity (Wildman–Crippen MR) is 122 cm³/mol. The largest absolute Gasteiger partial charge is 0.479 e. The molecule has 3 atom stereocenters. The van der Waals surface area contributed by atoms with Gasteiger partial charge in [-0.15, -0.1) is 0 Å². The fourth-order valence-corrected chi connectivity index (χ4v) is 3.50. The van der Waals surface area contributed by atoms with E-state index in [9.17, 15) is 44.4 Å². The standard InChI is InChI=1S/C26H20O10/c27-20(17-12-6-2-7-13-17)25(34,23(31)32)26(35,21(28)18-14-8-3-9-15-18)24(33)36-19(22(29)30)16-10-4-1-5-11-16/h1-15,19,34-35H,(H,29,30)(H,31,32). The van der Waals surface area contributed by atoms with Crippen molar-refractivity contribution < 1.29 is 49.1 Å². The van der Waals surface area contributed by atoms with E-state index in [2.05, 4.69) is 0 Å². The van der Waals surface area contributed by atoms with Crippen molar-refractivity contribution in [3.8, 4) is 0 Å². The summed E-state index contributed by atoms with van der Waals surface area (Å²) in [5.41, 5.74) is -9.19. The van der Waals surface area contributed by atoms with E-state index in [1.165, 1.54) is 60.7 Å². The maximum Gasteiger partial charge on any atom is 0.351 e. The Morgan fingerprint density at radius 3 is 1.39 bits per heavy atom. The summed E-state index contributed by atoms with van der Waals surface area (Å²) in [7, 11) is 0. The Bertz CT molecular complexity index is 1290. The summed E-state index contributed by atoms with van der Waals surface area (Å²) >= 11 is 0. The molecule has 0 heterocycles. The fourth-order valence-electron chi connectivity index (χ4n) is 3.50. The number of carboxylic acids is 2. The normalized spacial score (nSPS) is 14.9. The van der Waals surface area contributed by atoms with Crippen molar-refractivity contribution in [2.75, 3.05) is 0 Å².